The van der Waals surface area contributed by atoms with Crippen molar-refractivity contribution in [2.75, 3.05) is 0 Å². The molecule has 0 spiro atoms. The number of aryl methyl sites for hydroxylation is 1. The van der Waals surface area contributed by atoms with Crippen molar-refractivity contribution in [1.82, 2.24) is 14.3 Å². The predicted octanol–water partition coefficient (Wildman–Crippen LogP) is 2.97. The minimum absolute atomic E-state index is 0.263. The fourth-order valence-electron chi connectivity index (χ4n) is 2.35. The molecule has 0 saturated carbocycles. The van der Waals surface area contributed by atoms with Crippen molar-refractivity contribution in [3.05, 3.63) is 41.4 Å². The van der Waals surface area contributed by atoms with Gasteiger partial charge in [0.05, 0.1) is 6.20 Å². The monoisotopic (exact) mass is 273 g/mol. The summed E-state index contributed by atoms with van der Waals surface area (Å²) in [5.41, 5.74) is 2.96. The molecule has 5 heteroatoms. The van der Waals surface area contributed by atoms with E-state index in [1.165, 1.54) is 0 Å². The molecule has 0 atom stereocenters. The van der Waals surface area contributed by atoms with Gasteiger partial charge in [-0.3, -0.25) is 0 Å². The lowest BCUT2D eigenvalue weighted by Gasteiger charge is -2.15. The van der Waals surface area contributed by atoms with E-state index in [1.807, 2.05) is 30.7 Å². The molecule has 0 aromatic carbocycles. The average molecular weight is 273 g/mol. The standard InChI is InChI=1S/C15H19N3O2/c1-10(2)18-14(7-8-16-18)17-11(3)9-13(12(17)4)5-6-15(19)20/h5-10H,1-4H3,(H,19,20)/b6-5+. The molecule has 0 unspecified atom stereocenters. The zero-order valence-electron chi connectivity index (χ0n) is 12.2. The van der Waals surface area contributed by atoms with E-state index < -0.39 is 5.97 Å². The van der Waals surface area contributed by atoms with Gasteiger partial charge in [0.15, 0.2) is 0 Å². The van der Waals surface area contributed by atoms with Crippen LogP contribution in [0.1, 0.15) is 36.8 Å². The maximum Gasteiger partial charge on any atom is 0.328 e. The second kappa shape index (κ2) is 5.36. The van der Waals surface area contributed by atoms with Gasteiger partial charge in [0.1, 0.15) is 5.82 Å². The lowest BCUT2D eigenvalue weighted by Crippen LogP contribution is -2.11. The van der Waals surface area contributed by atoms with Crippen LogP contribution in [0.3, 0.4) is 0 Å². The molecule has 106 valence electrons. The number of aromatic nitrogens is 3. The quantitative estimate of drug-likeness (QED) is 0.871. The summed E-state index contributed by atoms with van der Waals surface area (Å²) in [7, 11) is 0. The summed E-state index contributed by atoms with van der Waals surface area (Å²) < 4.78 is 4.04. The van der Waals surface area contributed by atoms with Crippen molar-refractivity contribution in [3.63, 3.8) is 0 Å². The predicted molar refractivity (Wildman–Crippen MR) is 78.1 cm³/mol. The molecular formula is C15H19N3O2. The van der Waals surface area contributed by atoms with Gasteiger partial charge < -0.3 is 9.67 Å². The third-order valence-corrected chi connectivity index (χ3v) is 3.24. The molecule has 5 nitrogen and oxygen atoms in total. The summed E-state index contributed by atoms with van der Waals surface area (Å²) in [6, 6.07) is 4.20. The molecule has 2 heterocycles. The molecule has 2 aromatic rings. The third kappa shape index (κ3) is 2.52. The van der Waals surface area contributed by atoms with E-state index in [1.54, 1.807) is 12.3 Å². The molecule has 0 aliphatic carbocycles. The van der Waals surface area contributed by atoms with Gasteiger partial charge in [0.25, 0.3) is 0 Å². The van der Waals surface area contributed by atoms with Crippen molar-refractivity contribution in [1.29, 1.82) is 0 Å². The Labute approximate surface area is 118 Å². The highest BCUT2D eigenvalue weighted by molar-refractivity contribution is 5.85. The first-order valence-electron chi connectivity index (χ1n) is 6.55. The zero-order valence-corrected chi connectivity index (χ0v) is 12.2. The Balaban J connectivity index is 2.53. The summed E-state index contributed by atoms with van der Waals surface area (Å²) in [5.74, 6) is 0.0481. The van der Waals surface area contributed by atoms with E-state index in [0.29, 0.717) is 0 Å². The summed E-state index contributed by atoms with van der Waals surface area (Å²) in [6.07, 6.45) is 4.56. The Bertz CT molecular complexity index is 663. The van der Waals surface area contributed by atoms with E-state index in [0.717, 1.165) is 28.8 Å². The van der Waals surface area contributed by atoms with Crippen molar-refractivity contribution >= 4 is 12.0 Å². The van der Waals surface area contributed by atoms with Gasteiger partial charge in [-0.25, -0.2) is 9.48 Å². The molecule has 2 rings (SSSR count). The SMILES string of the molecule is Cc1cc(/C=C/C(=O)O)c(C)n1-c1ccnn1C(C)C. The highest BCUT2D eigenvalue weighted by Gasteiger charge is 2.14. The number of hydrogen-bond acceptors (Lipinski definition) is 2. The van der Waals surface area contributed by atoms with E-state index in [-0.39, 0.29) is 6.04 Å². The Morgan fingerprint density at radius 1 is 1.40 bits per heavy atom. The van der Waals surface area contributed by atoms with Crippen LogP contribution in [0.5, 0.6) is 0 Å². The second-order valence-electron chi connectivity index (χ2n) is 5.06. The number of aliphatic carboxylic acids is 1. The van der Waals surface area contributed by atoms with Crippen LogP contribution < -0.4 is 0 Å². The molecule has 0 amide bonds. The molecule has 0 aliphatic rings. The molecule has 0 saturated heterocycles. The van der Waals surface area contributed by atoms with E-state index >= 15 is 0 Å². The van der Waals surface area contributed by atoms with Crippen LogP contribution in [0.2, 0.25) is 0 Å². The lowest BCUT2D eigenvalue weighted by atomic mass is 10.2. The zero-order chi connectivity index (χ0) is 14.9. The largest absolute Gasteiger partial charge is 0.478 e. The lowest BCUT2D eigenvalue weighted by molar-refractivity contribution is -0.131. The van der Waals surface area contributed by atoms with E-state index in [2.05, 4.69) is 23.5 Å². The summed E-state index contributed by atoms with van der Waals surface area (Å²) >= 11 is 0. The van der Waals surface area contributed by atoms with Crippen LogP contribution in [-0.2, 0) is 4.79 Å². The molecule has 2 aromatic heterocycles. The van der Waals surface area contributed by atoms with Gasteiger partial charge >= 0.3 is 5.97 Å². The highest BCUT2D eigenvalue weighted by atomic mass is 16.4. The fourth-order valence-corrected chi connectivity index (χ4v) is 2.35. The van der Waals surface area contributed by atoms with Gasteiger partial charge in [0, 0.05) is 29.6 Å². The molecule has 0 aliphatic heterocycles. The topological polar surface area (TPSA) is 60.0 Å². The molecule has 0 radical (unpaired) electrons. The second-order valence-corrected chi connectivity index (χ2v) is 5.06. The Hall–Kier alpha value is -2.30. The summed E-state index contributed by atoms with van der Waals surface area (Å²) in [4.78, 5) is 10.6. The van der Waals surface area contributed by atoms with E-state index in [9.17, 15) is 4.79 Å². The smallest absolute Gasteiger partial charge is 0.328 e. The Kier molecular flexibility index (Phi) is 3.79. The first-order chi connectivity index (χ1) is 9.41. The van der Waals surface area contributed by atoms with Crippen LogP contribution in [0.25, 0.3) is 11.9 Å². The minimum Gasteiger partial charge on any atom is -0.478 e. The first-order valence-corrected chi connectivity index (χ1v) is 6.55. The Morgan fingerprint density at radius 2 is 2.10 bits per heavy atom. The van der Waals surface area contributed by atoms with Crippen molar-refractivity contribution in [2.45, 2.75) is 33.7 Å². The van der Waals surface area contributed by atoms with Gasteiger partial charge in [-0.1, -0.05) is 0 Å². The van der Waals surface area contributed by atoms with Crippen molar-refractivity contribution in [3.8, 4) is 5.82 Å². The number of carboxylic acids is 1. The number of hydrogen-bond donors (Lipinski definition) is 1. The molecule has 20 heavy (non-hydrogen) atoms. The van der Waals surface area contributed by atoms with E-state index in [4.69, 9.17) is 5.11 Å². The highest BCUT2D eigenvalue weighted by Crippen LogP contribution is 2.23. The molecule has 1 N–H and O–H groups in total. The fraction of sp³-hybridized carbons (Fsp3) is 0.333. The van der Waals surface area contributed by atoms with Gasteiger partial charge in [-0.2, -0.15) is 5.10 Å². The van der Waals surface area contributed by atoms with Gasteiger partial charge in [-0.05, 0) is 45.4 Å². The van der Waals surface area contributed by atoms with Crippen LogP contribution in [0.15, 0.2) is 24.4 Å². The van der Waals surface area contributed by atoms with Crippen molar-refractivity contribution in [2.24, 2.45) is 0 Å². The van der Waals surface area contributed by atoms with Crippen LogP contribution in [0, 0.1) is 13.8 Å². The van der Waals surface area contributed by atoms with Crippen molar-refractivity contribution < 1.29 is 9.90 Å². The van der Waals surface area contributed by atoms with Crippen LogP contribution >= 0.6 is 0 Å². The number of carbonyl (C=O) groups is 1. The number of carboxylic acid groups (broad SMARTS) is 1. The first kappa shape index (κ1) is 14.1. The summed E-state index contributed by atoms with van der Waals surface area (Å²) in [5, 5.41) is 13.1. The normalized spacial score (nSPS) is 11.7. The Morgan fingerprint density at radius 3 is 2.70 bits per heavy atom. The van der Waals surface area contributed by atoms with Gasteiger partial charge in [0.2, 0.25) is 0 Å². The van der Waals surface area contributed by atoms with Crippen LogP contribution in [0.4, 0.5) is 0 Å². The van der Waals surface area contributed by atoms with Crippen LogP contribution in [-0.4, -0.2) is 25.4 Å². The number of nitrogens with zero attached hydrogens (tertiary/aromatic N) is 3. The molecular weight excluding hydrogens is 254 g/mol. The molecule has 0 fully saturated rings. The molecule has 0 bridgehead atoms. The maximum atomic E-state index is 10.6. The minimum atomic E-state index is -0.943. The summed E-state index contributed by atoms with van der Waals surface area (Å²) in [6.45, 7) is 8.14. The third-order valence-electron chi connectivity index (χ3n) is 3.24. The average Bonchev–Trinajstić information content (AvgIpc) is 2.92. The maximum absolute atomic E-state index is 10.6. The van der Waals surface area contributed by atoms with Gasteiger partial charge in [-0.15, -0.1) is 0 Å². The number of rotatable bonds is 4.